The lowest BCUT2D eigenvalue weighted by molar-refractivity contribution is 0.416. The molecule has 0 radical (unpaired) electrons. The minimum absolute atomic E-state index is 0.0713. The Bertz CT molecular complexity index is 654. The first-order valence-electron chi connectivity index (χ1n) is 6.42. The number of nitrogen functional groups attached to an aromatic ring is 1. The van der Waals surface area contributed by atoms with Crippen molar-refractivity contribution in [3.63, 3.8) is 0 Å². The van der Waals surface area contributed by atoms with Gasteiger partial charge in [0.1, 0.15) is 5.75 Å². The summed E-state index contributed by atoms with van der Waals surface area (Å²) in [6.07, 6.45) is 0. The van der Waals surface area contributed by atoms with E-state index in [-0.39, 0.29) is 17.1 Å². The van der Waals surface area contributed by atoms with Crippen LogP contribution in [0.3, 0.4) is 0 Å². The summed E-state index contributed by atoms with van der Waals surface area (Å²) in [4.78, 5) is 3.67. The average Bonchev–Trinajstić information content (AvgIpc) is 2.41. The lowest BCUT2D eigenvalue weighted by Gasteiger charge is -2.19. The summed E-state index contributed by atoms with van der Waals surface area (Å²) in [5.41, 5.74) is 3.01. The fourth-order valence-electron chi connectivity index (χ4n) is 1.76. The molecule has 21 heavy (non-hydrogen) atoms. The number of nitrogens with two attached hydrogens (primary N) is 1. The molecule has 1 aromatic heterocycles. The Labute approximate surface area is 121 Å². The molecule has 2 aromatic rings. The Hall–Kier alpha value is -2.21. The number of hydrogen-bond donors (Lipinski definition) is 2. The smallest absolute Gasteiger partial charge is 0.258 e. The van der Waals surface area contributed by atoms with E-state index in [1.54, 1.807) is 18.2 Å². The first-order chi connectivity index (χ1) is 9.81. The van der Waals surface area contributed by atoms with Gasteiger partial charge in [-0.25, -0.2) is 14.6 Å². The molecule has 0 atom stereocenters. The largest absolute Gasteiger partial charge is 0.436 e. The van der Waals surface area contributed by atoms with Crippen molar-refractivity contribution in [2.75, 3.05) is 5.43 Å². The molecule has 0 aliphatic heterocycles. The fourth-order valence-corrected chi connectivity index (χ4v) is 1.76. The standard InChI is InChI=1S/C15H17F2N3O/c1-15(2,3)9-5-4-6-10(7-9)21-14-12(17)8-11(16)13(19-14)20-18/h4-8H,18H2,1-3H3,(H,19,20). The van der Waals surface area contributed by atoms with Crippen molar-refractivity contribution in [3.05, 3.63) is 47.5 Å². The summed E-state index contributed by atoms with van der Waals surface area (Å²) in [5.74, 6) is 3.14. The van der Waals surface area contributed by atoms with E-state index < -0.39 is 11.6 Å². The molecule has 0 saturated heterocycles. The summed E-state index contributed by atoms with van der Waals surface area (Å²) in [6, 6.07) is 7.90. The number of nitrogens with one attached hydrogen (secondary N) is 1. The minimum Gasteiger partial charge on any atom is -0.436 e. The van der Waals surface area contributed by atoms with Crippen molar-refractivity contribution in [3.8, 4) is 11.6 Å². The molecule has 0 aliphatic rings. The molecule has 0 unspecified atom stereocenters. The van der Waals surface area contributed by atoms with Gasteiger partial charge >= 0.3 is 0 Å². The predicted molar refractivity (Wildman–Crippen MR) is 77.2 cm³/mol. The van der Waals surface area contributed by atoms with Crippen LogP contribution in [0.4, 0.5) is 14.6 Å². The molecule has 1 aromatic carbocycles. The van der Waals surface area contributed by atoms with Crippen LogP contribution in [0.1, 0.15) is 26.3 Å². The van der Waals surface area contributed by atoms with Gasteiger partial charge in [0.05, 0.1) is 0 Å². The highest BCUT2D eigenvalue weighted by Crippen LogP contribution is 2.29. The summed E-state index contributed by atoms with van der Waals surface area (Å²) < 4.78 is 32.4. The Morgan fingerprint density at radius 3 is 2.48 bits per heavy atom. The van der Waals surface area contributed by atoms with Crippen molar-refractivity contribution < 1.29 is 13.5 Å². The van der Waals surface area contributed by atoms with Gasteiger partial charge in [-0.15, -0.1) is 0 Å². The summed E-state index contributed by atoms with van der Waals surface area (Å²) in [6.45, 7) is 6.16. The zero-order valence-electron chi connectivity index (χ0n) is 12.1. The van der Waals surface area contributed by atoms with Gasteiger partial charge in [-0.1, -0.05) is 32.9 Å². The molecule has 0 fully saturated rings. The van der Waals surface area contributed by atoms with Crippen LogP contribution in [0.25, 0.3) is 0 Å². The van der Waals surface area contributed by atoms with E-state index in [1.165, 1.54) is 0 Å². The number of hydrazine groups is 1. The first kappa shape index (κ1) is 15.2. The molecule has 0 amide bonds. The molecular formula is C15H17F2N3O. The third-order valence-electron chi connectivity index (χ3n) is 2.95. The molecular weight excluding hydrogens is 276 g/mol. The van der Waals surface area contributed by atoms with Crippen molar-refractivity contribution >= 4 is 5.82 Å². The molecule has 0 bridgehead atoms. The number of benzene rings is 1. The fraction of sp³-hybridized carbons (Fsp3) is 0.267. The van der Waals surface area contributed by atoms with Gasteiger partial charge in [0.15, 0.2) is 17.5 Å². The Balaban J connectivity index is 2.34. The van der Waals surface area contributed by atoms with Crippen LogP contribution in [-0.4, -0.2) is 4.98 Å². The van der Waals surface area contributed by atoms with Crippen LogP contribution in [0.15, 0.2) is 30.3 Å². The number of hydrogen-bond acceptors (Lipinski definition) is 4. The lowest BCUT2D eigenvalue weighted by Crippen LogP contribution is -2.12. The zero-order valence-corrected chi connectivity index (χ0v) is 12.1. The molecule has 1 heterocycles. The molecule has 3 N–H and O–H groups in total. The summed E-state index contributed by atoms with van der Waals surface area (Å²) in [5, 5.41) is 0. The number of ether oxygens (including phenoxy) is 1. The predicted octanol–water partition coefficient (Wildman–Crippen LogP) is 3.74. The van der Waals surface area contributed by atoms with Crippen LogP contribution in [0, 0.1) is 11.6 Å². The number of aromatic nitrogens is 1. The van der Waals surface area contributed by atoms with Gasteiger partial charge in [0, 0.05) is 6.07 Å². The monoisotopic (exact) mass is 293 g/mol. The van der Waals surface area contributed by atoms with Crippen molar-refractivity contribution in [2.24, 2.45) is 5.84 Å². The lowest BCUT2D eigenvalue weighted by atomic mass is 9.87. The maximum atomic E-state index is 13.7. The second-order valence-electron chi connectivity index (χ2n) is 5.63. The van der Waals surface area contributed by atoms with Gasteiger partial charge < -0.3 is 10.2 Å². The van der Waals surface area contributed by atoms with Crippen LogP contribution in [0.2, 0.25) is 0 Å². The van der Waals surface area contributed by atoms with Crippen molar-refractivity contribution in [1.29, 1.82) is 0 Å². The SMILES string of the molecule is CC(C)(C)c1cccc(Oc2nc(NN)c(F)cc2F)c1. The highest BCUT2D eigenvalue weighted by molar-refractivity contribution is 5.40. The molecule has 0 spiro atoms. The highest BCUT2D eigenvalue weighted by Gasteiger charge is 2.16. The van der Waals surface area contributed by atoms with Gasteiger partial charge in [0.2, 0.25) is 0 Å². The maximum absolute atomic E-state index is 13.7. The van der Waals surface area contributed by atoms with E-state index >= 15 is 0 Å². The van der Waals surface area contributed by atoms with Crippen LogP contribution in [0.5, 0.6) is 11.6 Å². The molecule has 6 heteroatoms. The van der Waals surface area contributed by atoms with Crippen LogP contribution < -0.4 is 16.0 Å². The van der Waals surface area contributed by atoms with E-state index in [2.05, 4.69) is 31.2 Å². The second-order valence-corrected chi connectivity index (χ2v) is 5.63. The van der Waals surface area contributed by atoms with E-state index in [9.17, 15) is 8.78 Å². The van der Waals surface area contributed by atoms with Crippen molar-refractivity contribution in [2.45, 2.75) is 26.2 Å². The number of halogens is 2. The average molecular weight is 293 g/mol. The maximum Gasteiger partial charge on any atom is 0.258 e. The first-order valence-corrected chi connectivity index (χ1v) is 6.42. The quantitative estimate of drug-likeness (QED) is 0.668. The molecule has 4 nitrogen and oxygen atoms in total. The molecule has 112 valence electrons. The van der Waals surface area contributed by atoms with Crippen LogP contribution in [-0.2, 0) is 5.41 Å². The van der Waals surface area contributed by atoms with E-state index in [0.717, 1.165) is 5.56 Å². The normalized spacial score (nSPS) is 11.3. The van der Waals surface area contributed by atoms with Gasteiger partial charge in [-0.05, 0) is 23.1 Å². The third kappa shape index (κ3) is 3.46. The Morgan fingerprint density at radius 1 is 1.14 bits per heavy atom. The Kier molecular flexibility index (Phi) is 4.09. The number of pyridine rings is 1. The van der Waals surface area contributed by atoms with Gasteiger partial charge in [-0.2, -0.15) is 4.98 Å². The topological polar surface area (TPSA) is 60.2 Å². The number of anilines is 1. The Morgan fingerprint density at radius 2 is 1.86 bits per heavy atom. The van der Waals surface area contributed by atoms with E-state index in [0.29, 0.717) is 11.8 Å². The second kappa shape index (κ2) is 5.65. The minimum atomic E-state index is -0.896. The summed E-state index contributed by atoms with van der Waals surface area (Å²) in [7, 11) is 0. The number of nitrogens with zero attached hydrogens (tertiary/aromatic N) is 1. The number of rotatable bonds is 3. The van der Waals surface area contributed by atoms with Crippen LogP contribution >= 0.6 is 0 Å². The summed E-state index contributed by atoms with van der Waals surface area (Å²) >= 11 is 0. The molecule has 0 aliphatic carbocycles. The molecule has 0 saturated carbocycles. The highest BCUT2D eigenvalue weighted by atomic mass is 19.1. The van der Waals surface area contributed by atoms with Crippen molar-refractivity contribution in [1.82, 2.24) is 4.98 Å². The zero-order chi connectivity index (χ0) is 15.6. The van der Waals surface area contributed by atoms with E-state index in [4.69, 9.17) is 10.6 Å². The van der Waals surface area contributed by atoms with Gasteiger partial charge in [0.25, 0.3) is 5.88 Å². The van der Waals surface area contributed by atoms with Gasteiger partial charge in [-0.3, -0.25) is 0 Å². The molecule has 2 rings (SSSR count). The van der Waals surface area contributed by atoms with E-state index in [1.807, 2.05) is 6.07 Å². The third-order valence-corrected chi connectivity index (χ3v) is 2.95.